The van der Waals surface area contributed by atoms with Gasteiger partial charge in [-0.3, -0.25) is 14.5 Å². The first-order chi connectivity index (χ1) is 17.3. The van der Waals surface area contributed by atoms with Crippen LogP contribution in [0.2, 0.25) is 5.02 Å². The summed E-state index contributed by atoms with van der Waals surface area (Å²) in [7, 11) is 1.44. The molecule has 3 aromatic rings. The fourth-order valence-electron chi connectivity index (χ4n) is 3.58. The first-order valence-corrected chi connectivity index (χ1v) is 11.5. The van der Waals surface area contributed by atoms with Crippen molar-refractivity contribution in [3.05, 3.63) is 94.1 Å². The zero-order chi connectivity index (χ0) is 25.7. The first-order valence-electron chi connectivity index (χ1n) is 11.1. The number of urea groups is 1. The smallest absolute Gasteiger partial charge is 0.329 e. The third kappa shape index (κ3) is 5.84. The fraction of sp³-hybridized carbons (Fsp3) is 0.148. The lowest BCUT2D eigenvalue weighted by Crippen LogP contribution is -2.30. The molecule has 1 saturated heterocycles. The summed E-state index contributed by atoms with van der Waals surface area (Å²) >= 11 is 6.41. The molecule has 1 heterocycles. The minimum Gasteiger partial charge on any atom is -0.493 e. The topological polar surface area (TPSA) is 97.0 Å². The summed E-state index contributed by atoms with van der Waals surface area (Å²) in [5.41, 5.74) is 3.19. The van der Waals surface area contributed by atoms with E-state index in [1.165, 1.54) is 13.2 Å². The van der Waals surface area contributed by atoms with Gasteiger partial charge in [0.15, 0.2) is 18.1 Å². The van der Waals surface area contributed by atoms with Crippen molar-refractivity contribution in [1.29, 1.82) is 0 Å². The number of nitrogens with one attached hydrogen (secondary N) is 2. The molecule has 0 aromatic heterocycles. The maximum atomic E-state index is 12.8. The van der Waals surface area contributed by atoms with Gasteiger partial charge in [-0.2, -0.15) is 0 Å². The van der Waals surface area contributed by atoms with E-state index in [1.54, 1.807) is 24.3 Å². The molecule has 0 spiro atoms. The Labute approximate surface area is 213 Å². The van der Waals surface area contributed by atoms with Gasteiger partial charge in [0.2, 0.25) is 0 Å². The van der Waals surface area contributed by atoms with Crippen molar-refractivity contribution >= 4 is 41.2 Å². The molecule has 1 aliphatic rings. The SMILES string of the molecule is COc1cc(/C=C2/NC(=O)N(Cc3ccccc3)C2=O)cc(Cl)c1OCC(=O)Nc1ccc(C)cc1. The number of methoxy groups -OCH3 is 1. The van der Waals surface area contributed by atoms with Crippen LogP contribution in [0.1, 0.15) is 16.7 Å². The van der Waals surface area contributed by atoms with Gasteiger partial charge >= 0.3 is 6.03 Å². The van der Waals surface area contributed by atoms with E-state index in [0.717, 1.165) is 16.0 Å². The Balaban J connectivity index is 1.46. The molecule has 36 heavy (non-hydrogen) atoms. The number of hydrogen-bond donors (Lipinski definition) is 2. The van der Waals surface area contributed by atoms with Crippen LogP contribution in [0.15, 0.2) is 72.4 Å². The third-order valence-corrected chi connectivity index (χ3v) is 5.67. The van der Waals surface area contributed by atoms with Gasteiger partial charge in [-0.25, -0.2) is 4.79 Å². The quantitative estimate of drug-likeness (QED) is 0.339. The molecule has 3 aromatic carbocycles. The van der Waals surface area contributed by atoms with Gasteiger partial charge in [-0.05, 0) is 48.4 Å². The third-order valence-electron chi connectivity index (χ3n) is 5.39. The van der Waals surface area contributed by atoms with Gasteiger partial charge in [0, 0.05) is 5.69 Å². The first kappa shape index (κ1) is 24.8. The van der Waals surface area contributed by atoms with Gasteiger partial charge in [-0.1, -0.05) is 59.6 Å². The van der Waals surface area contributed by atoms with Crippen molar-refractivity contribution in [3.8, 4) is 11.5 Å². The highest BCUT2D eigenvalue weighted by Gasteiger charge is 2.33. The molecule has 4 rings (SSSR count). The van der Waals surface area contributed by atoms with Crippen LogP contribution in [0.5, 0.6) is 11.5 Å². The summed E-state index contributed by atoms with van der Waals surface area (Å²) in [5.74, 6) is -0.351. The number of benzene rings is 3. The van der Waals surface area contributed by atoms with E-state index in [0.29, 0.717) is 11.3 Å². The van der Waals surface area contributed by atoms with Gasteiger partial charge in [0.25, 0.3) is 11.8 Å². The van der Waals surface area contributed by atoms with Crippen molar-refractivity contribution < 1.29 is 23.9 Å². The Morgan fingerprint density at radius 1 is 1.08 bits per heavy atom. The molecule has 0 aliphatic carbocycles. The summed E-state index contributed by atoms with van der Waals surface area (Å²) in [5, 5.41) is 5.52. The Bertz CT molecular complexity index is 1320. The van der Waals surface area contributed by atoms with E-state index in [9.17, 15) is 14.4 Å². The van der Waals surface area contributed by atoms with Crippen LogP contribution in [0, 0.1) is 6.92 Å². The number of nitrogens with zero attached hydrogens (tertiary/aromatic N) is 1. The molecule has 0 radical (unpaired) electrons. The zero-order valence-corrected chi connectivity index (χ0v) is 20.5. The maximum Gasteiger partial charge on any atom is 0.329 e. The second kappa shape index (κ2) is 11.0. The molecule has 184 valence electrons. The number of imide groups is 1. The molecule has 1 aliphatic heterocycles. The van der Waals surface area contributed by atoms with Crippen molar-refractivity contribution in [1.82, 2.24) is 10.2 Å². The standard InChI is InChI=1S/C27H24ClN3O5/c1-17-8-10-20(11-9-17)29-24(32)16-36-25-21(28)12-19(14-23(25)35-2)13-22-26(33)31(27(34)30-22)15-18-6-4-3-5-7-18/h3-14H,15-16H2,1-2H3,(H,29,32)(H,30,34)/b22-13+. The summed E-state index contributed by atoms with van der Waals surface area (Å²) < 4.78 is 11.0. The molecular formula is C27H24ClN3O5. The normalized spacial score (nSPS) is 14.1. The van der Waals surface area contributed by atoms with E-state index >= 15 is 0 Å². The number of hydrogen-bond acceptors (Lipinski definition) is 5. The lowest BCUT2D eigenvalue weighted by atomic mass is 10.1. The predicted molar refractivity (Wildman–Crippen MR) is 137 cm³/mol. The number of halogens is 1. The largest absolute Gasteiger partial charge is 0.493 e. The highest BCUT2D eigenvalue weighted by Crippen LogP contribution is 2.37. The van der Waals surface area contributed by atoms with Crippen LogP contribution in [-0.4, -0.2) is 36.5 Å². The van der Waals surface area contributed by atoms with E-state index in [2.05, 4.69) is 10.6 Å². The maximum absolute atomic E-state index is 12.8. The zero-order valence-electron chi connectivity index (χ0n) is 19.7. The number of anilines is 1. The molecule has 9 heteroatoms. The minimum absolute atomic E-state index is 0.111. The summed E-state index contributed by atoms with van der Waals surface area (Å²) in [6.07, 6.45) is 1.51. The molecule has 0 unspecified atom stereocenters. The number of carbonyl (C=O) groups is 3. The molecular weight excluding hydrogens is 482 g/mol. The van der Waals surface area contributed by atoms with E-state index in [1.807, 2.05) is 49.4 Å². The van der Waals surface area contributed by atoms with E-state index in [4.69, 9.17) is 21.1 Å². The number of rotatable bonds is 8. The molecule has 0 atom stereocenters. The van der Waals surface area contributed by atoms with Crippen LogP contribution in [0.25, 0.3) is 6.08 Å². The number of aryl methyl sites for hydroxylation is 1. The monoisotopic (exact) mass is 505 g/mol. The minimum atomic E-state index is -0.507. The van der Waals surface area contributed by atoms with Crippen LogP contribution in [-0.2, 0) is 16.1 Å². The van der Waals surface area contributed by atoms with Crippen molar-refractivity contribution in [2.24, 2.45) is 0 Å². The lowest BCUT2D eigenvalue weighted by Gasteiger charge is -2.14. The number of ether oxygens (including phenoxy) is 2. The van der Waals surface area contributed by atoms with Crippen molar-refractivity contribution in [3.63, 3.8) is 0 Å². The summed E-state index contributed by atoms with van der Waals surface area (Å²) in [6, 6.07) is 19.3. The van der Waals surface area contributed by atoms with Crippen molar-refractivity contribution in [2.75, 3.05) is 19.0 Å². The van der Waals surface area contributed by atoms with Crippen LogP contribution in [0.3, 0.4) is 0 Å². The Morgan fingerprint density at radius 3 is 2.50 bits per heavy atom. The second-order valence-electron chi connectivity index (χ2n) is 8.10. The Hall–Kier alpha value is -4.30. The number of amides is 4. The Kier molecular flexibility index (Phi) is 7.56. The highest BCUT2D eigenvalue weighted by atomic mass is 35.5. The fourth-order valence-corrected chi connectivity index (χ4v) is 3.86. The number of carbonyl (C=O) groups excluding carboxylic acids is 3. The van der Waals surface area contributed by atoms with Crippen molar-refractivity contribution in [2.45, 2.75) is 13.5 Å². The molecule has 4 amide bonds. The summed E-state index contributed by atoms with van der Waals surface area (Å²) in [4.78, 5) is 38.6. The molecule has 0 bridgehead atoms. The van der Waals surface area contributed by atoms with Crippen LogP contribution < -0.4 is 20.1 Å². The van der Waals surface area contributed by atoms with Gasteiger partial charge < -0.3 is 20.1 Å². The van der Waals surface area contributed by atoms with Crippen LogP contribution in [0.4, 0.5) is 10.5 Å². The summed E-state index contributed by atoms with van der Waals surface area (Å²) in [6.45, 7) is 1.83. The van der Waals surface area contributed by atoms with Gasteiger partial charge in [0.05, 0.1) is 18.7 Å². The second-order valence-corrected chi connectivity index (χ2v) is 8.51. The molecule has 2 N–H and O–H groups in total. The molecule has 0 saturated carbocycles. The van der Waals surface area contributed by atoms with E-state index in [-0.39, 0.29) is 41.3 Å². The average Bonchev–Trinajstić information content (AvgIpc) is 3.12. The molecule has 1 fully saturated rings. The highest BCUT2D eigenvalue weighted by molar-refractivity contribution is 6.32. The van der Waals surface area contributed by atoms with Gasteiger partial charge in [0.1, 0.15) is 5.70 Å². The lowest BCUT2D eigenvalue weighted by molar-refractivity contribution is -0.123. The van der Waals surface area contributed by atoms with E-state index < -0.39 is 11.9 Å². The predicted octanol–water partition coefficient (Wildman–Crippen LogP) is 4.77. The average molecular weight is 506 g/mol. The Morgan fingerprint density at radius 2 is 1.81 bits per heavy atom. The molecule has 8 nitrogen and oxygen atoms in total. The van der Waals surface area contributed by atoms with Gasteiger partial charge in [-0.15, -0.1) is 0 Å². The van der Waals surface area contributed by atoms with Crippen LogP contribution >= 0.6 is 11.6 Å².